The minimum atomic E-state index is 0.665. The van der Waals surface area contributed by atoms with E-state index in [2.05, 4.69) is 37.7 Å². The molecule has 3 heterocycles. The second-order valence-electron chi connectivity index (χ2n) is 6.63. The number of pyridine rings is 1. The van der Waals surface area contributed by atoms with Gasteiger partial charge in [-0.3, -0.25) is 0 Å². The van der Waals surface area contributed by atoms with Crippen molar-refractivity contribution in [2.24, 2.45) is 0 Å². The van der Waals surface area contributed by atoms with Crippen LogP contribution in [0.4, 0.5) is 17.5 Å². The Kier molecular flexibility index (Phi) is 5.47. The molecule has 1 aliphatic heterocycles. The summed E-state index contributed by atoms with van der Waals surface area (Å²) >= 11 is 0. The molecule has 28 heavy (non-hydrogen) atoms. The largest absolute Gasteiger partial charge is 0.366 e. The van der Waals surface area contributed by atoms with Gasteiger partial charge in [-0.1, -0.05) is 42.5 Å². The van der Waals surface area contributed by atoms with Crippen LogP contribution in [-0.2, 0) is 0 Å². The Labute approximate surface area is 165 Å². The molecule has 6 heteroatoms. The summed E-state index contributed by atoms with van der Waals surface area (Å²) in [6.07, 6.45) is 3.67. The molecule has 1 fully saturated rings. The third-order valence-electron chi connectivity index (χ3n) is 4.75. The van der Waals surface area contributed by atoms with Crippen LogP contribution in [-0.4, -0.2) is 47.7 Å². The minimum Gasteiger partial charge on any atom is -0.366 e. The van der Waals surface area contributed by atoms with Crippen LogP contribution in [0.2, 0.25) is 0 Å². The van der Waals surface area contributed by atoms with E-state index >= 15 is 0 Å². The maximum absolute atomic E-state index is 4.85. The van der Waals surface area contributed by atoms with Crippen molar-refractivity contribution in [3.8, 4) is 11.4 Å². The highest BCUT2D eigenvalue weighted by Gasteiger charge is 2.20. The predicted octanol–water partition coefficient (Wildman–Crippen LogP) is 3.46. The summed E-state index contributed by atoms with van der Waals surface area (Å²) in [5, 5.41) is 3.30. The van der Waals surface area contributed by atoms with Gasteiger partial charge in [0, 0.05) is 50.6 Å². The first-order chi connectivity index (χ1) is 13.8. The van der Waals surface area contributed by atoms with E-state index in [0.717, 1.165) is 55.0 Å². The fraction of sp³-hybridized carbons (Fsp3) is 0.227. The first-order valence-electron chi connectivity index (χ1n) is 9.54. The number of piperazine rings is 1. The van der Waals surface area contributed by atoms with Gasteiger partial charge < -0.3 is 15.1 Å². The van der Waals surface area contributed by atoms with E-state index < -0.39 is 0 Å². The van der Waals surface area contributed by atoms with Gasteiger partial charge in [-0.15, -0.1) is 6.58 Å². The van der Waals surface area contributed by atoms with E-state index in [0.29, 0.717) is 6.54 Å². The number of benzene rings is 1. The van der Waals surface area contributed by atoms with Crippen molar-refractivity contribution in [2.45, 2.75) is 0 Å². The van der Waals surface area contributed by atoms with Crippen molar-refractivity contribution in [3.05, 3.63) is 73.4 Å². The molecule has 0 bridgehead atoms. The van der Waals surface area contributed by atoms with Crippen molar-refractivity contribution >= 4 is 17.5 Å². The van der Waals surface area contributed by atoms with Crippen LogP contribution in [0.5, 0.6) is 0 Å². The zero-order valence-electron chi connectivity index (χ0n) is 15.8. The first-order valence-corrected chi connectivity index (χ1v) is 9.54. The highest BCUT2D eigenvalue weighted by Crippen LogP contribution is 2.24. The Hall–Kier alpha value is -3.41. The second-order valence-corrected chi connectivity index (χ2v) is 6.63. The lowest BCUT2D eigenvalue weighted by Gasteiger charge is -2.36. The number of nitrogens with one attached hydrogen (secondary N) is 1. The summed E-state index contributed by atoms with van der Waals surface area (Å²) in [4.78, 5) is 18.6. The van der Waals surface area contributed by atoms with Crippen molar-refractivity contribution in [1.82, 2.24) is 15.0 Å². The van der Waals surface area contributed by atoms with Gasteiger partial charge in [-0.2, -0.15) is 0 Å². The van der Waals surface area contributed by atoms with Crippen LogP contribution < -0.4 is 15.1 Å². The smallest absolute Gasteiger partial charge is 0.163 e. The summed E-state index contributed by atoms with van der Waals surface area (Å²) < 4.78 is 0. The van der Waals surface area contributed by atoms with Crippen LogP contribution in [0.1, 0.15) is 0 Å². The fourth-order valence-corrected chi connectivity index (χ4v) is 3.29. The van der Waals surface area contributed by atoms with Crippen LogP contribution in [0, 0.1) is 0 Å². The van der Waals surface area contributed by atoms with Gasteiger partial charge in [-0.25, -0.2) is 15.0 Å². The Balaban J connectivity index is 1.56. The summed E-state index contributed by atoms with van der Waals surface area (Å²) in [5.41, 5.74) is 1.01. The van der Waals surface area contributed by atoms with Gasteiger partial charge >= 0.3 is 0 Å². The molecule has 0 amide bonds. The monoisotopic (exact) mass is 372 g/mol. The summed E-state index contributed by atoms with van der Waals surface area (Å²) in [5.74, 6) is 3.52. The highest BCUT2D eigenvalue weighted by atomic mass is 15.3. The Bertz CT molecular complexity index is 905. The van der Waals surface area contributed by atoms with E-state index in [1.54, 1.807) is 0 Å². The molecule has 3 aromatic rings. The molecule has 0 spiro atoms. The van der Waals surface area contributed by atoms with E-state index in [4.69, 9.17) is 4.98 Å². The van der Waals surface area contributed by atoms with Crippen LogP contribution in [0.15, 0.2) is 73.4 Å². The SMILES string of the molecule is C=CCNc1cc(N2CCN(c3ccccn3)CC2)nc(-c2ccccc2)n1. The lowest BCUT2D eigenvalue weighted by atomic mass is 10.2. The molecule has 0 saturated carbocycles. The summed E-state index contributed by atoms with van der Waals surface area (Å²) in [7, 11) is 0. The molecule has 0 atom stereocenters. The summed E-state index contributed by atoms with van der Waals surface area (Å²) in [6, 6.07) is 18.2. The maximum Gasteiger partial charge on any atom is 0.163 e. The summed E-state index contributed by atoms with van der Waals surface area (Å²) in [6.45, 7) is 8.05. The maximum atomic E-state index is 4.85. The number of anilines is 3. The Morgan fingerprint density at radius 1 is 0.893 bits per heavy atom. The van der Waals surface area contributed by atoms with Crippen molar-refractivity contribution < 1.29 is 0 Å². The quantitative estimate of drug-likeness (QED) is 0.669. The lowest BCUT2D eigenvalue weighted by Crippen LogP contribution is -2.47. The molecule has 0 radical (unpaired) electrons. The van der Waals surface area contributed by atoms with E-state index in [1.165, 1.54) is 0 Å². The van der Waals surface area contributed by atoms with Crippen molar-refractivity contribution in [3.63, 3.8) is 0 Å². The third-order valence-corrected chi connectivity index (χ3v) is 4.75. The topological polar surface area (TPSA) is 57.2 Å². The van der Waals surface area contributed by atoms with Crippen molar-refractivity contribution in [2.75, 3.05) is 47.8 Å². The molecule has 1 N–H and O–H groups in total. The van der Waals surface area contributed by atoms with Crippen molar-refractivity contribution in [1.29, 1.82) is 0 Å². The fourth-order valence-electron chi connectivity index (χ4n) is 3.29. The minimum absolute atomic E-state index is 0.665. The molecule has 142 valence electrons. The lowest BCUT2D eigenvalue weighted by molar-refractivity contribution is 0.641. The zero-order chi connectivity index (χ0) is 19.2. The molecule has 0 unspecified atom stereocenters. The zero-order valence-corrected chi connectivity index (χ0v) is 15.8. The molecule has 1 saturated heterocycles. The number of nitrogens with zero attached hydrogens (tertiary/aromatic N) is 5. The predicted molar refractivity (Wildman–Crippen MR) is 115 cm³/mol. The molecule has 0 aliphatic carbocycles. The van der Waals surface area contributed by atoms with Gasteiger partial charge in [0.15, 0.2) is 5.82 Å². The highest BCUT2D eigenvalue weighted by molar-refractivity contribution is 5.62. The van der Waals surface area contributed by atoms with Gasteiger partial charge in [0.05, 0.1) is 0 Å². The normalized spacial score (nSPS) is 14.0. The van der Waals surface area contributed by atoms with E-state index in [9.17, 15) is 0 Å². The number of hydrogen-bond acceptors (Lipinski definition) is 6. The number of hydrogen-bond donors (Lipinski definition) is 1. The second kappa shape index (κ2) is 8.52. The third kappa shape index (κ3) is 4.11. The molecule has 2 aromatic heterocycles. The average molecular weight is 372 g/mol. The average Bonchev–Trinajstić information content (AvgIpc) is 2.79. The molecular formula is C22H24N6. The van der Waals surface area contributed by atoms with Crippen LogP contribution in [0.25, 0.3) is 11.4 Å². The van der Waals surface area contributed by atoms with Crippen LogP contribution >= 0.6 is 0 Å². The molecule has 6 nitrogen and oxygen atoms in total. The number of aromatic nitrogens is 3. The van der Waals surface area contributed by atoms with Gasteiger partial charge in [-0.05, 0) is 12.1 Å². The molecular weight excluding hydrogens is 348 g/mol. The molecule has 4 rings (SSSR count). The van der Waals surface area contributed by atoms with E-state index in [1.807, 2.05) is 60.8 Å². The number of rotatable bonds is 6. The molecule has 1 aliphatic rings. The Morgan fingerprint density at radius 3 is 2.29 bits per heavy atom. The molecule has 1 aromatic carbocycles. The van der Waals surface area contributed by atoms with Gasteiger partial charge in [0.2, 0.25) is 0 Å². The Morgan fingerprint density at radius 2 is 1.61 bits per heavy atom. The first kappa shape index (κ1) is 18.0. The standard InChI is InChI=1S/C22H24N6/c1-2-11-23-19-17-21(26-22(25-19)18-8-4-3-5-9-18)28-15-13-27(14-16-28)20-10-6-7-12-24-20/h2-10,12,17H,1,11,13-16H2,(H,23,25,26). The van der Waals surface area contributed by atoms with Gasteiger partial charge in [0.1, 0.15) is 17.5 Å². The van der Waals surface area contributed by atoms with E-state index in [-0.39, 0.29) is 0 Å². The van der Waals surface area contributed by atoms with Crippen LogP contribution in [0.3, 0.4) is 0 Å². The van der Waals surface area contributed by atoms with Gasteiger partial charge in [0.25, 0.3) is 0 Å².